The van der Waals surface area contributed by atoms with Gasteiger partial charge >= 0.3 is 5.97 Å². The van der Waals surface area contributed by atoms with Crippen molar-refractivity contribution in [3.05, 3.63) is 125 Å². The average molecular weight is 507 g/mol. The van der Waals surface area contributed by atoms with Crippen LogP contribution in [0.4, 0.5) is 5.69 Å². The van der Waals surface area contributed by atoms with Crippen molar-refractivity contribution in [2.24, 2.45) is 0 Å². The topological polar surface area (TPSA) is 68.3 Å². The Morgan fingerprint density at radius 2 is 1.65 bits per heavy atom. The van der Waals surface area contributed by atoms with E-state index in [9.17, 15) is 9.59 Å². The Bertz CT molecular complexity index is 1600. The van der Waals surface area contributed by atoms with Gasteiger partial charge in [-0.1, -0.05) is 78.3 Å². The summed E-state index contributed by atoms with van der Waals surface area (Å²) in [5.41, 5.74) is 5.35. The van der Waals surface area contributed by atoms with E-state index >= 15 is 0 Å². The van der Waals surface area contributed by atoms with Gasteiger partial charge in [-0.25, -0.2) is 0 Å². The van der Waals surface area contributed by atoms with Gasteiger partial charge in [0, 0.05) is 47.4 Å². The number of nitrogens with one attached hydrogen (secondary N) is 1. The van der Waals surface area contributed by atoms with E-state index < -0.39 is 0 Å². The molecule has 5 aromatic rings. The molecule has 5 nitrogen and oxygen atoms in total. The molecular weight excluding hydrogens is 484 g/mol. The number of hydrogen-bond acceptors (Lipinski definition) is 5. The Kier molecular flexibility index (Phi) is 6.97. The van der Waals surface area contributed by atoms with E-state index in [0.717, 1.165) is 27.8 Å². The van der Waals surface area contributed by atoms with Gasteiger partial charge in [0.25, 0.3) is 0 Å². The molecule has 1 heterocycles. The van der Waals surface area contributed by atoms with Crippen molar-refractivity contribution >= 4 is 39.9 Å². The first-order chi connectivity index (χ1) is 18.0. The number of carbonyl (C=O) groups excluding carboxylic acids is 2. The number of fused-ring (bicyclic) bond motifs is 1. The number of halogens is 1. The smallest absolute Gasteiger partial charge is 0.308 e. The molecule has 0 radical (unpaired) electrons. The van der Waals surface area contributed by atoms with E-state index in [1.165, 1.54) is 6.92 Å². The number of carbonyl (C=O) groups is 2. The lowest BCUT2D eigenvalue weighted by atomic mass is 9.92. The number of benzene rings is 4. The molecular formula is C31H23ClN2O3. The van der Waals surface area contributed by atoms with Crippen LogP contribution in [-0.2, 0) is 11.3 Å². The van der Waals surface area contributed by atoms with Gasteiger partial charge in [-0.05, 0) is 41.5 Å². The molecule has 1 N–H and O–H groups in total. The normalized spacial score (nSPS) is 10.8. The molecule has 0 amide bonds. The van der Waals surface area contributed by atoms with Crippen molar-refractivity contribution < 1.29 is 14.3 Å². The number of anilines is 1. The maximum atomic E-state index is 13.5. The van der Waals surface area contributed by atoms with E-state index in [0.29, 0.717) is 34.0 Å². The van der Waals surface area contributed by atoms with E-state index in [1.807, 2.05) is 66.7 Å². The van der Waals surface area contributed by atoms with Gasteiger partial charge in [0.1, 0.15) is 5.75 Å². The zero-order valence-electron chi connectivity index (χ0n) is 20.1. The van der Waals surface area contributed by atoms with Gasteiger partial charge in [-0.3, -0.25) is 14.6 Å². The van der Waals surface area contributed by atoms with Crippen molar-refractivity contribution in [2.45, 2.75) is 13.5 Å². The van der Waals surface area contributed by atoms with Gasteiger partial charge in [0.2, 0.25) is 0 Å². The average Bonchev–Trinajstić information content (AvgIpc) is 2.92. The lowest BCUT2D eigenvalue weighted by Crippen LogP contribution is -2.06. The molecule has 0 aliphatic carbocycles. The monoisotopic (exact) mass is 506 g/mol. The number of ether oxygens (including phenoxy) is 1. The summed E-state index contributed by atoms with van der Waals surface area (Å²) in [6, 6.07) is 30.1. The summed E-state index contributed by atoms with van der Waals surface area (Å²) in [6.45, 7) is 1.95. The van der Waals surface area contributed by atoms with Gasteiger partial charge < -0.3 is 10.1 Å². The van der Waals surface area contributed by atoms with Gasteiger partial charge in [-0.15, -0.1) is 0 Å². The number of esters is 1. The lowest BCUT2D eigenvalue weighted by molar-refractivity contribution is -0.131. The number of rotatable bonds is 7. The van der Waals surface area contributed by atoms with Crippen LogP contribution in [0.3, 0.4) is 0 Å². The summed E-state index contributed by atoms with van der Waals surface area (Å²) >= 11 is 6.47. The third-order valence-corrected chi connectivity index (χ3v) is 6.27. The van der Waals surface area contributed by atoms with E-state index in [-0.39, 0.29) is 11.8 Å². The SMILES string of the molecule is CC(=O)Oc1ccc(CNc2cccc(-c3c(C(=O)c4ccccc4)cnc4c(Cl)cccc34)c2)cc1. The Hall–Kier alpha value is -4.48. The molecule has 0 atom stereocenters. The van der Waals surface area contributed by atoms with Crippen LogP contribution < -0.4 is 10.1 Å². The van der Waals surface area contributed by atoms with Crippen LogP contribution in [0.1, 0.15) is 28.4 Å². The Morgan fingerprint density at radius 1 is 0.892 bits per heavy atom. The fraction of sp³-hybridized carbons (Fsp3) is 0.0645. The number of hydrogen-bond donors (Lipinski definition) is 1. The van der Waals surface area contributed by atoms with Crippen LogP contribution in [0.2, 0.25) is 5.02 Å². The van der Waals surface area contributed by atoms with Crippen molar-refractivity contribution in [3.63, 3.8) is 0 Å². The molecule has 5 rings (SSSR count). The fourth-order valence-corrected chi connectivity index (χ4v) is 4.47. The highest BCUT2D eigenvalue weighted by molar-refractivity contribution is 6.35. The second kappa shape index (κ2) is 10.6. The van der Waals surface area contributed by atoms with Crippen LogP contribution in [-0.4, -0.2) is 16.7 Å². The quantitative estimate of drug-likeness (QED) is 0.142. The highest BCUT2D eigenvalue weighted by atomic mass is 35.5. The zero-order chi connectivity index (χ0) is 25.8. The fourth-order valence-electron chi connectivity index (χ4n) is 4.25. The Morgan fingerprint density at radius 3 is 2.41 bits per heavy atom. The summed E-state index contributed by atoms with van der Waals surface area (Å²) in [4.78, 5) is 29.2. The first-order valence-electron chi connectivity index (χ1n) is 11.8. The number of pyridine rings is 1. The predicted octanol–water partition coefficient (Wildman–Crippen LogP) is 7.32. The molecule has 0 bridgehead atoms. The molecule has 0 saturated heterocycles. The van der Waals surface area contributed by atoms with E-state index in [1.54, 1.807) is 36.5 Å². The minimum Gasteiger partial charge on any atom is -0.427 e. The summed E-state index contributed by atoms with van der Waals surface area (Å²) in [7, 11) is 0. The summed E-state index contributed by atoms with van der Waals surface area (Å²) in [6.07, 6.45) is 1.61. The largest absolute Gasteiger partial charge is 0.427 e. The number of para-hydroxylation sites is 1. The minimum absolute atomic E-state index is 0.101. The summed E-state index contributed by atoms with van der Waals surface area (Å²) in [5, 5.41) is 4.78. The van der Waals surface area contributed by atoms with Gasteiger partial charge in [-0.2, -0.15) is 0 Å². The van der Waals surface area contributed by atoms with Gasteiger partial charge in [0.05, 0.1) is 10.5 Å². The number of aromatic nitrogens is 1. The summed E-state index contributed by atoms with van der Waals surface area (Å²) in [5.74, 6) is 0.0611. The molecule has 182 valence electrons. The molecule has 1 aromatic heterocycles. The predicted molar refractivity (Wildman–Crippen MR) is 147 cm³/mol. The Labute approximate surface area is 219 Å². The molecule has 0 fully saturated rings. The molecule has 37 heavy (non-hydrogen) atoms. The third kappa shape index (κ3) is 5.37. The molecule has 6 heteroatoms. The van der Waals surface area contributed by atoms with Crippen molar-refractivity contribution in [1.82, 2.24) is 4.98 Å². The summed E-state index contributed by atoms with van der Waals surface area (Å²) < 4.78 is 5.10. The number of nitrogens with zero attached hydrogens (tertiary/aromatic N) is 1. The zero-order valence-corrected chi connectivity index (χ0v) is 20.8. The second-order valence-electron chi connectivity index (χ2n) is 8.55. The lowest BCUT2D eigenvalue weighted by Gasteiger charge is -2.15. The first kappa shape index (κ1) is 24.2. The molecule has 4 aromatic carbocycles. The maximum Gasteiger partial charge on any atom is 0.308 e. The van der Waals surface area contributed by atoms with Crippen LogP contribution >= 0.6 is 11.6 Å². The maximum absolute atomic E-state index is 13.5. The van der Waals surface area contributed by atoms with Crippen LogP contribution in [0.15, 0.2) is 103 Å². The Balaban J connectivity index is 1.50. The minimum atomic E-state index is -0.349. The molecule has 0 saturated carbocycles. The van der Waals surface area contributed by atoms with Gasteiger partial charge in [0.15, 0.2) is 5.78 Å². The highest BCUT2D eigenvalue weighted by Gasteiger charge is 2.19. The highest BCUT2D eigenvalue weighted by Crippen LogP contribution is 2.36. The van der Waals surface area contributed by atoms with E-state index in [4.69, 9.17) is 16.3 Å². The second-order valence-corrected chi connectivity index (χ2v) is 8.96. The van der Waals surface area contributed by atoms with E-state index in [2.05, 4.69) is 10.3 Å². The number of ketones is 1. The standard InChI is InChI=1S/C31H23ClN2O3/c1-20(35)37-25-15-13-21(14-16-25)18-33-24-10-5-9-23(17-24)29-26-11-6-12-28(32)30(26)34-19-27(29)31(36)22-7-3-2-4-8-22/h2-17,19,33H,18H2,1H3. The van der Waals surface area contributed by atoms with Crippen LogP contribution in [0.5, 0.6) is 5.75 Å². The van der Waals surface area contributed by atoms with Crippen molar-refractivity contribution in [1.29, 1.82) is 0 Å². The van der Waals surface area contributed by atoms with Crippen molar-refractivity contribution in [2.75, 3.05) is 5.32 Å². The van der Waals surface area contributed by atoms with Crippen LogP contribution in [0, 0.1) is 0 Å². The molecule has 0 aliphatic heterocycles. The first-order valence-corrected chi connectivity index (χ1v) is 12.2. The third-order valence-electron chi connectivity index (χ3n) is 5.96. The molecule has 0 spiro atoms. The van der Waals surface area contributed by atoms with Crippen molar-refractivity contribution in [3.8, 4) is 16.9 Å². The van der Waals surface area contributed by atoms with Crippen LogP contribution in [0.25, 0.3) is 22.0 Å². The molecule has 0 aliphatic rings. The molecule has 0 unspecified atom stereocenters.